The van der Waals surface area contributed by atoms with Gasteiger partial charge in [-0.3, -0.25) is 19.7 Å². The van der Waals surface area contributed by atoms with Crippen molar-refractivity contribution >= 4 is 22.5 Å². The molecule has 0 radical (unpaired) electrons. The third kappa shape index (κ3) is 4.17. The lowest BCUT2D eigenvalue weighted by molar-refractivity contribution is -0.119. The predicted molar refractivity (Wildman–Crippen MR) is 120 cm³/mol. The topological polar surface area (TPSA) is 76.8 Å². The molecule has 156 valence electrons. The zero-order valence-corrected chi connectivity index (χ0v) is 17.3. The Morgan fingerprint density at radius 3 is 2.58 bits per heavy atom. The molecule has 4 aromatic rings. The third-order valence-electron chi connectivity index (χ3n) is 5.74. The number of aromatic nitrogens is 5. The van der Waals surface area contributed by atoms with Crippen molar-refractivity contribution in [1.29, 1.82) is 0 Å². The maximum atomic E-state index is 12.7. The molecule has 5 rings (SSSR count). The number of piperidine rings is 1. The summed E-state index contributed by atoms with van der Waals surface area (Å²) >= 11 is 0. The first-order chi connectivity index (χ1) is 15.3. The molecule has 0 aliphatic carbocycles. The van der Waals surface area contributed by atoms with Crippen LogP contribution in [0, 0.1) is 0 Å². The van der Waals surface area contributed by atoms with Gasteiger partial charge in [0.05, 0.1) is 24.9 Å². The van der Waals surface area contributed by atoms with E-state index in [-0.39, 0.29) is 18.7 Å². The van der Waals surface area contributed by atoms with Crippen LogP contribution in [0.1, 0.15) is 25.0 Å². The number of carbonyl (C=O) groups excluding carboxylic acids is 1. The van der Waals surface area contributed by atoms with Gasteiger partial charge in [0.1, 0.15) is 5.65 Å². The number of fused-ring (bicyclic) bond motifs is 1. The van der Waals surface area contributed by atoms with Gasteiger partial charge in [0.2, 0.25) is 0 Å². The number of pyridine rings is 2. The standard InChI is InChI=1S/C24H24N6O/c31-20(14-19-5-4-18(15-28-19)22-16-25-9-10-26-22)17-30-13-7-21-23(6-8-27-24(21)30)29-11-2-1-3-12-29/h4-10,13,15-16H,1-3,11-12,14,17H2. The fraction of sp³-hybridized carbons (Fsp3) is 0.292. The molecule has 4 aromatic heterocycles. The maximum Gasteiger partial charge on any atom is 0.158 e. The number of rotatable bonds is 6. The van der Waals surface area contributed by atoms with E-state index in [2.05, 4.69) is 37.0 Å². The van der Waals surface area contributed by atoms with Gasteiger partial charge in [-0.25, -0.2) is 4.98 Å². The van der Waals surface area contributed by atoms with Crippen LogP contribution < -0.4 is 4.90 Å². The first-order valence-electron chi connectivity index (χ1n) is 10.7. The van der Waals surface area contributed by atoms with Crippen molar-refractivity contribution in [2.24, 2.45) is 0 Å². The van der Waals surface area contributed by atoms with Gasteiger partial charge in [0.25, 0.3) is 0 Å². The maximum absolute atomic E-state index is 12.7. The van der Waals surface area contributed by atoms with Crippen LogP contribution in [-0.4, -0.2) is 43.4 Å². The lowest BCUT2D eigenvalue weighted by Crippen LogP contribution is -2.29. The van der Waals surface area contributed by atoms with E-state index in [4.69, 9.17) is 0 Å². The van der Waals surface area contributed by atoms with Gasteiger partial charge in [-0.15, -0.1) is 0 Å². The van der Waals surface area contributed by atoms with Crippen LogP contribution in [0.3, 0.4) is 0 Å². The van der Waals surface area contributed by atoms with Crippen molar-refractivity contribution in [3.8, 4) is 11.3 Å². The normalized spacial score (nSPS) is 14.1. The number of hydrogen-bond donors (Lipinski definition) is 0. The molecule has 0 unspecified atom stereocenters. The Kier molecular flexibility index (Phi) is 5.39. The van der Waals surface area contributed by atoms with Crippen LogP contribution in [0.4, 0.5) is 5.69 Å². The second kappa shape index (κ2) is 8.63. The summed E-state index contributed by atoms with van der Waals surface area (Å²) < 4.78 is 1.94. The molecule has 0 bridgehead atoms. The number of hydrogen-bond acceptors (Lipinski definition) is 6. The van der Waals surface area contributed by atoms with E-state index in [0.29, 0.717) is 0 Å². The molecule has 5 heterocycles. The van der Waals surface area contributed by atoms with Crippen LogP contribution in [0.5, 0.6) is 0 Å². The molecule has 1 aliphatic heterocycles. The summed E-state index contributed by atoms with van der Waals surface area (Å²) in [6.07, 6.45) is 14.6. The average molecular weight is 412 g/mol. The first-order valence-corrected chi connectivity index (χ1v) is 10.7. The molecule has 7 heteroatoms. The molecule has 0 N–H and O–H groups in total. The van der Waals surface area contributed by atoms with E-state index in [1.165, 1.54) is 24.9 Å². The minimum absolute atomic E-state index is 0.0995. The Balaban J connectivity index is 1.29. The van der Waals surface area contributed by atoms with Crippen LogP contribution in [0.15, 0.2) is 61.4 Å². The summed E-state index contributed by atoms with van der Waals surface area (Å²) in [4.78, 5) is 32.5. The highest BCUT2D eigenvalue weighted by atomic mass is 16.1. The highest BCUT2D eigenvalue weighted by Gasteiger charge is 2.16. The second-order valence-corrected chi connectivity index (χ2v) is 7.90. The highest BCUT2D eigenvalue weighted by molar-refractivity contribution is 5.91. The minimum Gasteiger partial charge on any atom is -0.371 e. The third-order valence-corrected chi connectivity index (χ3v) is 5.74. The van der Waals surface area contributed by atoms with Crippen LogP contribution in [0.25, 0.3) is 22.3 Å². The van der Waals surface area contributed by atoms with Crippen LogP contribution >= 0.6 is 0 Å². The Labute approximate surface area is 180 Å². The summed E-state index contributed by atoms with van der Waals surface area (Å²) in [5.41, 5.74) is 4.48. The molecule has 1 aliphatic rings. The lowest BCUT2D eigenvalue weighted by atomic mass is 10.1. The van der Waals surface area contributed by atoms with Gasteiger partial charge in [-0.05, 0) is 43.5 Å². The molecule has 31 heavy (non-hydrogen) atoms. The van der Waals surface area contributed by atoms with Gasteiger partial charge >= 0.3 is 0 Å². The Morgan fingerprint density at radius 2 is 1.81 bits per heavy atom. The number of anilines is 1. The molecular formula is C24H24N6O. The zero-order chi connectivity index (χ0) is 21.0. The van der Waals surface area contributed by atoms with Crippen molar-refractivity contribution in [1.82, 2.24) is 24.5 Å². The smallest absolute Gasteiger partial charge is 0.158 e. The number of Topliss-reactive ketones (excluding diaryl/α,β-unsaturated/α-hetero) is 1. The van der Waals surface area contributed by atoms with E-state index >= 15 is 0 Å². The SMILES string of the molecule is O=C(Cc1ccc(-c2cnccn2)cn1)Cn1ccc2c(N3CCCCC3)ccnc21. The zero-order valence-electron chi connectivity index (χ0n) is 17.3. The fourth-order valence-electron chi connectivity index (χ4n) is 4.19. The average Bonchev–Trinajstić information content (AvgIpc) is 3.23. The Hall–Kier alpha value is -3.61. The van der Waals surface area contributed by atoms with E-state index in [1.54, 1.807) is 24.8 Å². The van der Waals surface area contributed by atoms with E-state index < -0.39 is 0 Å². The Morgan fingerprint density at radius 1 is 0.903 bits per heavy atom. The first kappa shape index (κ1) is 19.4. The van der Waals surface area contributed by atoms with Gasteiger partial charge < -0.3 is 9.47 Å². The number of nitrogens with zero attached hydrogens (tertiary/aromatic N) is 6. The Bertz CT molecular complexity index is 1180. The van der Waals surface area contributed by atoms with Crippen molar-refractivity contribution in [2.75, 3.05) is 18.0 Å². The van der Waals surface area contributed by atoms with Crippen molar-refractivity contribution in [2.45, 2.75) is 32.2 Å². The van der Waals surface area contributed by atoms with Gasteiger partial charge in [0.15, 0.2) is 5.78 Å². The molecule has 0 atom stereocenters. The summed E-state index contributed by atoms with van der Waals surface area (Å²) in [7, 11) is 0. The summed E-state index contributed by atoms with van der Waals surface area (Å²) in [5.74, 6) is 0.0995. The summed E-state index contributed by atoms with van der Waals surface area (Å²) in [5, 5.41) is 1.11. The van der Waals surface area contributed by atoms with E-state index in [0.717, 1.165) is 41.1 Å². The fourth-order valence-corrected chi connectivity index (χ4v) is 4.19. The van der Waals surface area contributed by atoms with Crippen molar-refractivity contribution in [3.05, 3.63) is 67.1 Å². The van der Waals surface area contributed by atoms with Gasteiger partial charge in [-0.2, -0.15) is 0 Å². The molecule has 0 spiro atoms. The highest BCUT2D eigenvalue weighted by Crippen LogP contribution is 2.28. The molecule has 7 nitrogen and oxygen atoms in total. The number of ketones is 1. The molecule has 1 saturated heterocycles. The van der Waals surface area contributed by atoms with E-state index in [9.17, 15) is 4.79 Å². The van der Waals surface area contributed by atoms with Crippen molar-refractivity contribution in [3.63, 3.8) is 0 Å². The largest absolute Gasteiger partial charge is 0.371 e. The molecule has 0 aromatic carbocycles. The van der Waals surface area contributed by atoms with Gasteiger partial charge in [-0.1, -0.05) is 0 Å². The quantitative estimate of drug-likeness (QED) is 0.481. The predicted octanol–water partition coefficient (Wildman–Crippen LogP) is 3.69. The summed E-state index contributed by atoms with van der Waals surface area (Å²) in [6, 6.07) is 7.97. The van der Waals surface area contributed by atoms with Crippen molar-refractivity contribution < 1.29 is 4.79 Å². The molecule has 0 amide bonds. The molecule has 1 fully saturated rings. The van der Waals surface area contributed by atoms with Crippen LogP contribution in [-0.2, 0) is 17.8 Å². The molecule has 0 saturated carbocycles. The molecular weight excluding hydrogens is 388 g/mol. The summed E-state index contributed by atoms with van der Waals surface area (Å²) in [6.45, 7) is 2.45. The minimum atomic E-state index is 0.0995. The van der Waals surface area contributed by atoms with Crippen LogP contribution in [0.2, 0.25) is 0 Å². The number of carbonyl (C=O) groups is 1. The van der Waals surface area contributed by atoms with Gasteiger partial charge in [0, 0.05) is 66.4 Å². The monoisotopic (exact) mass is 412 g/mol. The van der Waals surface area contributed by atoms with E-state index in [1.807, 2.05) is 29.1 Å². The lowest BCUT2D eigenvalue weighted by Gasteiger charge is -2.29. The second-order valence-electron chi connectivity index (χ2n) is 7.90.